The minimum atomic E-state index is -4.85. The fourth-order valence-corrected chi connectivity index (χ4v) is 2.90. The van der Waals surface area contributed by atoms with Gasteiger partial charge in [-0.15, -0.1) is 13.2 Å². The van der Waals surface area contributed by atoms with E-state index in [4.69, 9.17) is 0 Å². The van der Waals surface area contributed by atoms with Gasteiger partial charge < -0.3 is 14.6 Å². The summed E-state index contributed by atoms with van der Waals surface area (Å²) in [7, 11) is 0. The molecule has 3 aromatic rings. The van der Waals surface area contributed by atoms with Crippen molar-refractivity contribution in [2.24, 2.45) is 0 Å². The molecule has 1 N–H and O–H groups in total. The van der Waals surface area contributed by atoms with E-state index >= 15 is 0 Å². The number of amides is 1. The lowest BCUT2D eigenvalue weighted by atomic mass is 10.1. The Bertz CT molecular complexity index is 1120. The summed E-state index contributed by atoms with van der Waals surface area (Å²) in [6.45, 7) is 4.30. The zero-order valence-electron chi connectivity index (χ0n) is 15.7. The molecule has 0 saturated carbocycles. The van der Waals surface area contributed by atoms with Gasteiger partial charge in [0.1, 0.15) is 17.0 Å². The van der Waals surface area contributed by atoms with E-state index in [-0.39, 0.29) is 11.3 Å². The normalized spacial score (nSPS) is 11.5. The van der Waals surface area contributed by atoms with Crippen molar-refractivity contribution in [3.8, 4) is 5.75 Å². The first-order chi connectivity index (χ1) is 13.7. The molecule has 0 radical (unpaired) electrons. The van der Waals surface area contributed by atoms with Crippen LogP contribution in [0.2, 0.25) is 0 Å². The third-order valence-corrected chi connectivity index (χ3v) is 4.10. The van der Waals surface area contributed by atoms with Crippen molar-refractivity contribution >= 4 is 22.6 Å². The Morgan fingerprint density at radius 1 is 1.24 bits per heavy atom. The number of ether oxygens (including phenoxy) is 1. The topological polar surface area (TPSA) is 73.2 Å². The summed E-state index contributed by atoms with van der Waals surface area (Å²) in [5.41, 5.74) is 0.661. The van der Waals surface area contributed by atoms with Crippen LogP contribution < -0.4 is 15.5 Å². The molecule has 6 nitrogen and oxygen atoms in total. The van der Waals surface area contributed by atoms with E-state index in [2.05, 4.69) is 15.0 Å². The van der Waals surface area contributed by atoms with Gasteiger partial charge in [0.05, 0.1) is 5.39 Å². The highest BCUT2D eigenvalue weighted by Crippen LogP contribution is 2.25. The number of fused-ring (bicyclic) bond motifs is 1. The number of aromatic nitrogens is 2. The summed E-state index contributed by atoms with van der Waals surface area (Å²) in [6.07, 6.45) is -2.67. The van der Waals surface area contributed by atoms with E-state index in [1.54, 1.807) is 23.6 Å². The van der Waals surface area contributed by atoms with E-state index in [9.17, 15) is 22.8 Å². The van der Waals surface area contributed by atoms with Crippen molar-refractivity contribution in [3.05, 3.63) is 64.1 Å². The van der Waals surface area contributed by atoms with E-state index in [0.29, 0.717) is 17.6 Å². The number of carbonyl (C=O) groups excluding carboxylic acids is 1. The van der Waals surface area contributed by atoms with E-state index in [1.807, 2.05) is 6.92 Å². The molecule has 0 aliphatic carbocycles. The van der Waals surface area contributed by atoms with Crippen molar-refractivity contribution in [2.45, 2.75) is 33.2 Å². The number of alkyl halides is 3. The third kappa shape index (κ3) is 4.74. The Balaban J connectivity index is 1.97. The number of hydrogen-bond donors (Lipinski definition) is 1. The molecule has 152 valence electrons. The molecule has 3 rings (SSSR count). The Morgan fingerprint density at radius 2 is 2.00 bits per heavy atom. The van der Waals surface area contributed by atoms with Crippen molar-refractivity contribution < 1.29 is 22.7 Å². The van der Waals surface area contributed by atoms with Gasteiger partial charge in [-0.3, -0.25) is 9.59 Å². The average molecular weight is 405 g/mol. The zero-order valence-corrected chi connectivity index (χ0v) is 15.7. The second-order valence-electron chi connectivity index (χ2n) is 6.42. The predicted molar refractivity (Wildman–Crippen MR) is 102 cm³/mol. The van der Waals surface area contributed by atoms with Crippen LogP contribution in [-0.4, -0.2) is 21.8 Å². The van der Waals surface area contributed by atoms with Gasteiger partial charge in [-0.1, -0.05) is 13.0 Å². The summed E-state index contributed by atoms with van der Waals surface area (Å²) < 4.78 is 42.7. The molecule has 1 amide bonds. The molecule has 0 spiro atoms. The average Bonchev–Trinajstić information content (AvgIpc) is 2.62. The predicted octanol–water partition coefficient (Wildman–Crippen LogP) is 4.27. The third-order valence-electron chi connectivity index (χ3n) is 4.10. The van der Waals surface area contributed by atoms with E-state index in [0.717, 1.165) is 24.2 Å². The molecule has 0 aliphatic heterocycles. The van der Waals surface area contributed by atoms with Crippen LogP contribution in [0.15, 0.2) is 47.4 Å². The summed E-state index contributed by atoms with van der Waals surface area (Å²) in [5.74, 6) is -1.21. The molecule has 0 fully saturated rings. The number of benzene rings is 1. The smallest absolute Gasteiger partial charge is 0.406 e. The van der Waals surface area contributed by atoms with Gasteiger partial charge in [-0.05, 0) is 37.6 Å². The summed E-state index contributed by atoms with van der Waals surface area (Å²) in [5, 5.41) is 2.75. The zero-order chi connectivity index (χ0) is 21.2. The second-order valence-corrected chi connectivity index (χ2v) is 6.42. The van der Waals surface area contributed by atoms with Crippen molar-refractivity contribution in [2.75, 3.05) is 5.32 Å². The van der Waals surface area contributed by atoms with Gasteiger partial charge in [-0.2, -0.15) is 0 Å². The molecule has 0 bridgehead atoms. The fourth-order valence-electron chi connectivity index (χ4n) is 2.90. The first-order valence-corrected chi connectivity index (χ1v) is 8.86. The number of halogens is 3. The van der Waals surface area contributed by atoms with Gasteiger partial charge in [-0.25, -0.2) is 4.98 Å². The van der Waals surface area contributed by atoms with Crippen molar-refractivity contribution in [3.63, 3.8) is 0 Å². The maximum atomic E-state index is 12.8. The molecule has 0 aliphatic rings. The first kappa shape index (κ1) is 20.4. The van der Waals surface area contributed by atoms with Crippen LogP contribution in [0.4, 0.5) is 18.9 Å². The summed E-state index contributed by atoms with van der Waals surface area (Å²) in [4.78, 5) is 29.9. The Kier molecular flexibility index (Phi) is 5.58. The molecular formula is C20H18F3N3O3. The summed E-state index contributed by atoms with van der Waals surface area (Å²) >= 11 is 0. The minimum absolute atomic E-state index is 0.0697. The monoisotopic (exact) mass is 405 g/mol. The highest BCUT2D eigenvalue weighted by molar-refractivity contribution is 6.05. The van der Waals surface area contributed by atoms with Gasteiger partial charge in [0, 0.05) is 30.2 Å². The Morgan fingerprint density at radius 3 is 2.69 bits per heavy atom. The molecule has 0 atom stereocenters. The van der Waals surface area contributed by atoms with E-state index in [1.165, 1.54) is 18.3 Å². The molecule has 0 saturated heterocycles. The molecule has 2 aromatic heterocycles. The van der Waals surface area contributed by atoms with Crippen LogP contribution >= 0.6 is 0 Å². The number of carbonyl (C=O) groups is 1. The van der Waals surface area contributed by atoms with Gasteiger partial charge in [0.2, 0.25) is 5.43 Å². The molecule has 9 heteroatoms. The minimum Gasteiger partial charge on any atom is -0.406 e. The lowest BCUT2D eigenvalue weighted by Gasteiger charge is -2.13. The SMILES string of the molecule is CCCn1cc(C(=O)Nc2cccc(OC(F)(F)F)c2)c(=O)c2ccc(C)nc21. The molecule has 29 heavy (non-hydrogen) atoms. The van der Waals surface area contributed by atoms with Crippen LogP contribution in [0.5, 0.6) is 5.75 Å². The largest absolute Gasteiger partial charge is 0.573 e. The standard InChI is InChI=1S/C20H18F3N3O3/c1-3-9-26-11-16(17(27)15-8-7-12(2)24-18(15)26)19(28)25-13-5-4-6-14(10-13)29-20(21,22)23/h4-8,10-11H,3,9H2,1-2H3,(H,25,28). The van der Waals surface area contributed by atoms with Gasteiger partial charge >= 0.3 is 6.36 Å². The van der Waals surface area contributed by atoms with Gasteiger partial charge in [0.15, 0.2) is 0 Å². The number of anilines is 1. The number of nitrogens with zero attached hydrogens (tertiary/aromatic N) is 2. The molecule has 1 aromatic carbocycles. The first-order valence-electron chi connectivity index (χ1n) is 8.86. The van der Waals surface area contributed by atoms with Crippen LogP contribution in [0, 0.1) is 6.92 Å². The van der Waals surface area contributed by atoms with Crippen LogP contribution in [0.25, 0.3) is 11.0 Å². The second kappa shape index (κ2) is 7.94. The molecule has 2 heterocycles. The van der Waals surface area contributed by atoms with Gasteiger partial charge in [0.25, 0.3) is 5.91 Å². The Hall–Kier alpha value is -3.36. The number of hydrogen-bond acceptors (Lipinski definition) is 4. The summed E-state index contributed by atoms with van der Waals surface area (Å²) in [6, 6.07) is 8.14. The highest BCUT2D eigenvalue weighted by atomic mass is 19.4. The lowest BCUT2D eigenvalue weighted by molar-refractivity contribution is -0.274. The van der Waals surface area contributed by atoms with Crippen molar-refractivity contribution in [1.82, 2.24) is 9.55 Å². The maximum Gasteiger partial charge on any atom is 0.573 e. The number of pyridine rings is 2. The number of nitrogens with one attached hydrogen (secondary N) is 1. The quantitative estimate of drug-likeness (QED) is 0.688. The van der Waals surface area contributed by atoms with E-state index < -0.39 is 23.4 Å². The van der Waals surface area contributed by atoms with Crippen molar-refractivity contribution in [1.29, 1.82) is 0 Å². The maximum absolute atomic E-state index is 12.8. The highest BCUT2D eigenvalue weighted by Gasteiger charge is 2.31. The van der Waals surface area contributed by atoms with Crippen LogP contribution in [-0.2, 0) is 6.54 Å². The van der Waals surface area contributed by atoms with Crippen LogP contribution in [0.3, 0.4) is 0 Å². The number of rotatable bonds is 5. The molecular weight excluding hydrogens is 387 g/mol. The fraction of sp³-hybridized carbons (Fsp3) is 0.250. The van der Waals surface area contributed by atoms with Crippen LogP contribution in [0.1, 0.15) is 29.4 Å². The Labute approximate surface area is 163 Å². The number of aryl methyl sites for hydroxylation is 2. The molecule has 0 unspecified atom stereocenters. The lowest BCUT2D eigenvalue weighted by Crippen LogP contribution is -2.24.